The van der Waals surface area contributed by atoms with Crippen molar-refractivity contribution >= 4 is 10.0 Å². The molecule has 1 aromatic carbocycles. The highest BCUT2D eigenvalue weighted by Crippen LogP contribution is 2.29. The van der Waals surface area contributed by atoms with E-state index in [1.165, 1.54) is 6.42 Å². The van der Waals surface area contributed by atoms with Gasteiger partial charge in [-0.1, -0.05) is 25.5 Å². The Hall–Kier alpha value is -0.910. The molecule has 0 saturated heterocycles. The summed E-state index contributed by atoms with van der Waals surface area (Å²) in [5, 5.41) is 9.47. The second kappa shape index (κ2) is 6.24. The maximum Gasteiger partial charge on any atom is 0.243 e. The van der Waals surface area contributed by atoms with Crippen molar-refractivity contribution in [3.63, 3.8) is 0 Å². The van der Waals surface area contributed by atoms with Crippen LogP contribution in [0.3, 0.4) is 0 Å². The fourth-order valence-corrected chi connectivity index (χ4v) is 3.95. The lowest BCUT2D eigenvalue weighted by atomic mass is 9.85. The lowest BCUT2D eigenvalue weighted by Gasteiger charge is -2.31. The Morgan fingerprint density at radius 3 is 2.30 bits per heavy atom. The van der Waals surface area contributed by atoms with Crippen molar-refractivity contribution in [1.82, 2.24) is 4.31 Å². The molecular weight excluding hydrogens is 274 g/mol. The summed E-state index contributed by atoms with van der Waals surface area (Å²) < 4.78 is 26.7. The van der Waals surface area contributed by atoms with Gasteiger partial charge in [-0.15, -0.1) is 0 Å². The van der Waals surface area contributed by atoms with Crippen molar-refractivity contribution < 1.29 is 13.5 Å². The molecule has 1 aliphatic rings. The molecule has 0 aliphatic heterocycles. The number of hydrogen-bond acceptors (Lipinski definition) is 3. The van der Waals surface area contributed by atoms with Gasteiger partial charge in [0.1, 0.15) is 0 Å². The highest BCUT2D eigenvalue weighted by molar-refractivity contribution is 7.89. The minimum absolute atomic E-state index is 0.308. The van der Waals surface area contributed by atoms with Crippen LogP contribution in [0.5, 0.6) is 0 Å². The largest absolute Gasteiger partial charge is 0.389 e. The molecule has 4 nitrogen and oxygen atoms in total. The highest BCUT2D eigenvalue weighted by atomic mass is 32.2. The van der Waals surface area contributed by atoms with E-state index < -0.39 is 16.1 Å². The summed E-state index contributed by atoms with van der Waals surface area (Å²) in [6, 6.07) is 6.52. The summed E-state index contributed by atoms with van der Waals surface area (Å²) >= 11 is 0. The van der Waals surface area contributed by atoms with Gasteiger partial charge in [0.25, 0.3) is 0 Å². The van der Waals surface area contributed by atoms with Crippen LogP contribution in [-0.4, -0.2) is 30.9 Å². The quantitative estimate of drug-likeness (QED) is 0.878. The zero-order valence-corrected chi connectivity index (χ0v) is 12.9. The molecule has 1 atom stereocenters. The summed E-state index contributed by atoms with van der Waals surface area (Å²) in [5.74, 6) is 0.515. The van der Waals surface area contributed by atoms with Crippen LogP contribution in [0.1, 0.15) is 44.8 Å². The SMILES string of the molecule is CCN(CC1CCC1)S(=O)(=O)c1ccc(C(C)O)cc1. The molecule has 1 aliphatic carbocycles. The van der Waals surface area contributed by atoms with Gasteiger partial charge in [0.2, 0.25) is 10.0 Å². The third kappa shape index (κ3) is 3.22. The van der Waals surface area contributed by atoms with Crippen LogP contribution in [-0.2, 0) is 10.0 Å². The van der Waals surface area contributed by atoms with Crippen LogP contribution < -0.4 is 0 Å². The van der Waals surface area contributed by atoms with Crippen LogP contribution in [0, 0.1) is 5.92 Å². The monoisotopic (exact) mass is 297 g/mol. The predicted molar refractivity (Wildman–Crippen MR) is 78.8 cm³/mol. The zero-order chi connectivity index (χ0) is 14.8. The zero-order valence-electron chi connectivity index (χ0n) is 12.1. The maximum absolute atomic E-state index is 12.6. The summed E-state index contributed by atoms with van der Waals surface area (Å²) in [5.41, 5.74) is 0.728. The lowest BCUT2D eigenvalue weighted by Crippen LogP contribution is -2.37. The minimum atomic E-state index is -3.41. The number of sulfonamides is 1. The molecule has 0 heterocycles. The molecule has 112 valence electrons. The number of benzene rings is 1. The van der Waals surface area contributed by atoms with Gasteiger partial charge in [0, 0.05) is 13.1 Å². The van der Waals surface area contributed by atoms with Gasteiger partial charge in [-0.05, 0) is 43.4 Å². The Labute approximate surface area is 121 Å². The summed E-state index contributed by atoms with van der Waals surface area (Å²) in [6.45, 7) is 4.66. The van der Waals surface area contributed by atoms with Crippen molar-refractivity contribution in [3.8, 4) is 0 Å². The maximum atomic E-state index is 12.6. The van der Waals surface area contributed by atoms with E-state index in [4.69, 9.17) is 0 Å². The van der Waals surface area contributed by atoms with Crippen molar-refractivity contribution in [2.24, 2.45) is 5.92 Å². The predicted octanol–water partition coefficient (Wildman–Crippen LogP) is 2.55. The number of rotatable bonds is 6. The number of hydrogen-bond donors (Lipinski definition) is 1. The topological polar surface area (TPSA) is 57.6 Å². The Balaban J connectivity index is 2.18. The molecular formula is C15H23NO3S. The Morgan fingerprint density at radius 1 is 1.30 bits per heavy atom. The van der Waals surface area contributed by atoms with Crippen LogP contribution >= 0.6 is 0 Å². The van der Waals surface area contributed by atoms with Gasteiger partial charge in [-0.3, -0.25) is 0 Å². The van der Waals surface area contributed by atoms with E-state index in [2.05, 4.69) is 0 Å². The van der Waals surface area contributed by atoms with E-state index in [0.717, 1.165) is 18.4 Å². The third-order valence-corrected chi connectivity index (χ3v) is 5.99. The average molecular weight is 297 g/mol. The first-order valence-electron chi connectivity index (χ1n) is 7.23. The molecule has 0 spiro atoms. The van der Waals surface area contributed by atoms with E-state index >= 15 is 0 Å². The van der Waals surface area contributed by atoms with Crippen LogP contribution in [0.4, 0.5) is 0 Å². The van der Waals surface area contributed by atoms with E-state index in [0.29, 0.717) is 23.9 Å². The second-order valence-electron chi connectivity index (χ2n) is 5.50. The fourth-order valence-electron chi connectivity index (χ4n) is 2.43. The first-order chi connectivity index (χ1) is 9.45. The van der Waals surface area contributed by atoms with Crippen LogP contribution in [0.25, 0.3) is 0 Å². The smallest absolute Gasteiger partial charge is 0.243 e. The van der Waals surface area contributed by atoms with Crippen LogP contribution in [0.2, 0.25) is 0 Å². The Kier molecular flexibility index (Phi) is 4.83. The Morgan fingerprint density at radius 2 is 1.90 bits per heavy atom. The Bertz CT molecular complexity index is 533. The van der Waals surface area contributed by atoms with Gasteiger partial charge in [0.05, 0.1) is 11.0 Å². The molecule has 1 saturated carbocycles. The standard InChI is InChI=1S/C15H23NO3S/c1-3-16(11-13-5-4-6-13)20(18,19)15-9-7-14(8-10-15)12(2)17/h7-10,12-13,17H,3-6,11H2,1-2H3. The van der Waals surface area contributed by atoms with Crippen molar-refractivity contribution in [3.05, 3.63) is 29.8 Å². The summed E-state index contributed by atoms with van der Waals surface area (Å²) in [7, 11) is -3.41. The molecule has 0 bridgehead atoms. The number of nitrogens with zero attached hydrogens (tertiary/aromatic N) is 1. The lowest BCUT2D eigenvalue weighted by molar-refractivity contribution is 0.199. The van der Waals surface area contributed by atoms with Crippen molar-refractivity contribution in [2.75, 3.05) is 13.1 Å². The van der Waals surface area contributed by atoms with Gasteiger partial charge in [-0.25, -0.2) is 8.42 Å². The van der Waals surface area contributed by atoms with Crippen molar-refractivity contribution in [2.45, 2.75) is 44.1 Å². The van der Waals surface area contributed by atoms with Crippen molar-refractivity contribution in [1.29, 1.82) is 0 Å². The summed E-state index contributed by atoms with van der Waals surface area (Å²) in [4.78, 5) is 0.308. The molecule has 20 heavy (non-hydrogen) atoms. The first-order valence-corrected chi connectivity index (χ1v) is 8.67. The van der Waals surface area contributed by atoms with Crippen LogP contribution in [0.15, 0.2) is 29.2 Å². The molecule has 0 aromatic heterocycles. The highest BCUT2D eigenvalue weighted by Gasteiger charge is 2.28. The fraction of sp³-hybridized carbons (Fsp3) is 0.600. The van der Waals surface area contributed by atoms with Gasteiger partial charge < -0.3 is 5.11 Å². The molecule has 0 amide bonds. The van der Waals surface area contributed by atoms with E-state index in [9.17, 15) is 13.5 Å². The molecule has 1 fully saturated rings. The number of aliphatic hydroxyl groups excluding tert-OH is 1. The number of aliphatic hydroxyl groups is 1. The molecule has 2 rings (SSSR count). The average Bonchev–Trinajstić information content (AvgIpc) is 2.37. The summed E-state index contributed by atoms with van der Waals surface area (Å²) in [6.07, 6.45) is 2.90. The van der Waals surface area contributed by atoms with Gasteiger partial charge in [0.15, 0.2) is 0 Å². The van der Waals surface area contributed by atoms with E-state index in [-0.39, 0.29) is 0 Å². The van der Waals surface area contributed by atoms with E-state index in [1.54, 1.807) is 35.5 Å². The molecule has 1 unspecified atom stereocenters. The molecule has 1 N–H and O–H groups in total. The van der Waals surface area contributed by atoms with Gasteiger partial charge in [-0.2, -0.15) is 4.31 Å². The third-order valence-electron chi connectivity index (χ3n) is 4.04. The van der Waals surface area contributed by atoms with Gasteiger partial charge >= 0.3 is 0 Å². The minimum Gasteiger partial charge on any atom is -0.389 e. The van der Waals surface area contributed by atoms with E-state index in [1.807, 2.05) is 6.92 Å². The normalized spacial score (nSPS) is 18.0. The second-order valence-corrected chi connectivity index (χ2v) is 7.44. The molecule has 5 heteroatoms. The molecule has 0 radical (unpaired) electrons. The first kappa shape index (κ1) is 15.5. The molecule has 1 aromatic rings.